The minimum atomic E-state index is -0.217. The Labute approximate surface area is 309 Å². The zero-order valence-electron chi connectivity index (χ0n) is 30.1. The second-order valence-corrected chi connectivity index (χ2v) is 14.7. The molecule has 7 aromatic rings. The van der Waals surface area contributed by atoms with Crippen molar-refractivity contribution >= 4 is 21.8 Å². The fraction of sp³-hybridized carbons (Fsp3) is 0.256. The summed E-state index contributed by atoms with van der Waals surface area (Å²) in [4.78, 5) is 4.68. The van der Waals surface area contributed by atoms with Crippen molar-refractivity contribution in [2.24, 2.45) is 0 Å². The summed E-state index contributed by atoms with van der Waals surface area (Å²) >= 11 is 0. The van der Waals surface area contributed by atoms with Gasteiger partial charge < -0.3 is 14.0 Å². The molecule has 7 rings (SSSR count). The van der Waals surface area contributed by atoms with E-state index < -0.39 is 0 Å². The van der Waals surface area contributed by atoms with Crippen LogP contribution < -0.4 is 9.47 Å². The number of fused-ring (bicyclic) bond motifs is 3. The zero-order chi connectivity index (χ0) is 34.7. The standard InChI is InChI=1S/C43H42N4O2.Pt/c1-27-14-12-15-28(2)38(27)39-40(42(3,4)5)45-47(41(39)43(6,7)8)29-16-13-17-31(24-29)49-32-20-21-34-33-18-10-11-19-35(33)46(36(34)25-32)37-26-30(48-9)22-23-44-37;/h10-23,26H,1-9H3;/q-2;+2. The Morgan fingerprint density at radius 1 is 0.700 bits per heavy atom. The van der Waals surface area contributed by atoms with E-state index >= 15 is 0 Å². The van der Waals surface area contributed by atoms with E-state index in [2.05, 4.69) is 124 Å². The zero-order valence-corrected chi connectivity index (χ0v) is 32.4. The molecule has 0 N–H and O–H groups in total. The van der Waals surface area contributed by atoms with Gasteiger partial charge >= 0.3 is 21.1 Å². The predicted octanol–water partition coefficient (Wildman–Crippen LogP) is 10.6. The monoisotopic (exact) mass is 841 g/mol. The van der Waals surface area contributed by atoms with Crippen LogP contribution in [0.2, 0.25) is 0 Å². The molecule has 0 bridgehead atoms. The molecule has 50 heavy (non-hydrogen) atoms. The molecule has 0 aliphatic heterocycles. The van der Waals surface area contributed by atoms with E-state index in [0.29, 0.717) is 11.5 Å². The number of pyridine rings is 1. The maximum absolute atomic E-state index is 6.52. The van der Waals surface area contributed by atoms with Gasteiger partial charge in [0, 0.05) is 45.7 Å². The fourth-order valence-corrected chi connectivity index (χ4v) is 6.81. The van der Waals surface area contributed by atoms with Gasteiger partial charge in [0.05, 0.1) is 18.5 Å². The van der Waals surface area contributed by atoms with E-state index in [1.807, 2.05) is 42.5 Å². The number of hydrogen-bond acceptors (Lipinski definition) is 4. The number of ether oxygens (including phenoxy) is 2. The molecule has 3 heterocycles. The Morgan fingerprint density at radius 2 is 1.40 bits per heavy atom. The van der Waals surface area contributed by atoms with E-state index in [-0.39, 0.29) is 31.9 Å². The number of nitrogens with zero attached hydrogens (tertiary/aromatic N) is 4. The summed E-state index contributed by atoms with van der Waals surface area (Å²) < 4.78 is 16.2. The van der Waals surface area contributed by atoms with E-state index in [0.717, 1.165) is 50.4 Å². The quantitative estimate of drug-likeness (QED) is 0.157. The van der Waals surface area contributed by atoms with Crippen LogP contribution in [0.4, 0.5) is 0 Å². The van der Waals surface area contributed by atoms with Gasteiger partial charge in [0.25, 0.3) is 0 Å². The normalized spacial score (nSPS) is 11.9. The number of aryl methyl sites for hydroxylation is 2. The summed E-state index contributed by atoms with van der Waals surface area (Å²) in [6, 6.07) is 35.7. The molecule has 0 amide bonds. The van der Waals surface area contributed by atoms with Crippen molar-refractivity contribution in [3.05, 3.63) is 126 Å². The second kappa shape index (κ2) is 13.2. The molecular weight excluding hydrogens is 800 g/mol. The van der Waals surface area contributed by atoms with Crippen LogP contribution in [-0.2, 0) is 31.9 Å². The molecule has 0 saturated carbocycles. The van der Waals surface area contributed by atoms with E-state index in [9.17, 15) is 0 Å². The van der Waals surface area contributed by atoms with E-state index in [4.69, 9.17) is 14.6 Å². The van der Waals surface area contributed by atoms with Crippen molar-refractivity contribution in [3.63, 3.8) is 0 Å². The number of hydrogen-bond donors (Lipinski definition) is 0. The molecule has 4 aromatic carbocycles. The Hall–Kier alpha value is -4.67. The SMILES string of the molecule is COc1ccnc(-n2c3[c-]c(Oc4[c-]c(-n5nc(C(C)(C)C)c(-c6c(C)cccc6C)c5C(C)(C)C)ccc4)ccc3c3ccccc32)c1.[Pt+2]. The molecule has 3 aromatic heterocycles. The van der Waals surface area contributed by atoms with Crippen LogP contribution in [0.15, 0.2) is 91.1 Å². The summed E-state index contributed by atoms with van der Waals surface area (Å²) in [5, 5.41) is 7.52. The minimum absolute atomic E-state index is 0. The maximum Gasteiger partial charge on any atom is 2.00 e. The summed E-state index contributed by atoms with van der Waals surface area (Å²) in [5.74, 6) is 2.64. The summed E-state index contributed by atoms with van der Waals surface area (Å²) in [7, 11) is 1.66. The third kappa shape index (κ3) is 6.26. The first kappa shape index (κ1) is 35.2. The van der Waals surface area contributed by atoms with Crippen molar-refractivity contribution in [3.8, 4) is 39.9 Å². The first-order chi connectivity index (χ1) is 23.3. The van der Waals surface area contributed by atoms with Gasteiger partial charge in [-0.15, -0.1) is 35.7 Å². The molecule has 6 nitrogen and oxygen atoms in total. The van der Waals surface area contributed by atoms with Crippen LogP contribution >= 0.6 is 0 Å². The predicted molar refractivity (Wildman–Crippen MR) is 199 cm³/mol. The average molecular weight is 842 g/mol. The minimum Gasteiger partial charge on any atom is -0.509 e. The molecule has 0 spiro atoms. The first-order valence-electron chi connectivity index (χ1n) is 16.7. The van der Waals surface area contributed by atoms with Gasteiger partial charge in [0.1, 0.15) is 11.6 Å². The van der Waals surface area contributed by atoms with Crippen LogP contribution in [0, 0.1) is 26.0 Å². The first-order valence-corrected chi connectivity index (χ1v) is 16.7. The largest absolute Gasteiger partial charge is 2.00 e. The fourth-order valence-electron chi connectivity index (χ4n) is 6.81. The molecule has 7 heteroatoms. The van der Waals surface area contributed by atoms with Gasteiger partial charge in [-0.05, 0) is 53.7 Å². The maximum atomic E-state index is 6.52. The number of para-hydroxylation sites is 1. The van der Waals surface area contributed by atoms with E-state index in [1.165, 1.54) is 22.3 Å². The molecule has 256 valence electrons. The Morgan fingerprint density at radius 3 is 2.10 bits per heavy atom. The summed E-state index contributed by atoms with van der Waals surface area (Å²) in [6.45, 7) is 17.9. The molecule has 0 fully saturated rings. The average Bonchev–Trinajstić information content (AvgIpc) is 3.62. The van der Waals surface area contributed by atoms with Crippen molar-refractivity contribution in [1.29, 1.82) is 0 Å². The van der Waals surface area contributed by atoms with Gasteiger partial charge in [-0.1, -0.05) is 83.5 Å². The number of benzene rings is 4. The molecular formula is C43H42N4O2Pt. The third-order valence-corrected chi connectivity index (χ3v) is 8.98. The smallest absolute Gasteiger partial charge is 0.509 e. The third-order valence-electron chi connectivity index (χ3n) is 8.98. The van der Waals surface area contributed by atoms with Gasteiger partial charge in [0.2, 0.25) is 0 Å². The Bertz CT molecular complexity index is 2330. The van der Waals surface area contributed by atoms with Crippen molar-refractivity contribution < 1.29 is 30.5 Å². The number of methoxy groups -OCH3 is 1. The van der Waals surface area contributed by atoms with Gasteiger partial charge in [-0.2, -0.15) is 17.2 Å². The molecule has 0 aliphatic rings. The summed E-state index contributed by atoms with van der Waals surface area (Å²) in [5.41, 5.74) is 9.45. The van der Waals surface area contributed by atoms with Crippen LogP contribution in [0.1, 0.15) is 64.1 Å². The van der Waals surface area contributed by atoms with Crippen molar-refractivity contribution in [2.45, 2.75) is 66.2 Å². The topological polar surface area (TPSA) is 54.1 Å². The Balaban J connectivity index is 0.00000432. The number of rotatable bonds is 6. The van der Waals surface area contributed by atoms with Gasteiger partial charge in [-0.3, -0.25) is 4.68 Å². The molecule has 0 aliphatic carbocycles. The molecule has 0 radical (unpaired) electrons. The molecule has 0 saturated heterocycles. The van der Waals surface area contributed by atoms with Crippen molar-refractivity contribution in [1.82, 2.24) is 19.3 Å². The molecule has 0 atom stereocenters. The van der Waals surface area contributed by atoms with Crippen molar-refractivity contribution in [2.75, 3.05) is 7.11 Å². The van der Waals surface area contributed by atoms with Crippen LogP contribution in [-0.4, -0.2) is 26.4 Å². The Kier molecular flexibility index (Phi) is 9.30. The molecule has 0 unspecified atom stereocenters. The number of aromatic nitrogens is 4. The van der Waals surface area contributed by atoms with Crippen LogP contribution in [0.5, 0.6) is 17.2 Å². The van der Waals surface area contributed by atoms with Gasteiger partial charge in [-0.25, -0.2) is 4.98 Å². The van der Waals surface area contributed by atoms with Gasteiger partial charge in [0.15, 0.2) is 0 Å². The van der Waals surface area contributed by atoms with E-state index in [1.54, 1.807) is 13.3 Å². The summed E-state index contributed by atoms with van der Waals surface area (Å²) in [6.07, 6.45) is 1.76. The van der Waals surface area contributed by atoms with Crippen LogP contribution in [0.25, 0.3) is 44.4 Å². The van der Waals surface area contributed by atoms with Crippen LogP contribution in [0.3, 0.4) is 0 Å². The second-order valence-electron chi connectivity index (χ2n) is 14.7.